The van der Waals surface area contributed by atoms with E-state index in [1.807, 2.05) is 31.2 Å². The Bertz CT molecular complexity index is 596. The van der Waals surface area contributed by atoms with Gasteiger partial charge in [-0.25, -0.2) is 4.79 Å². The molecule has 0 heterocycles. The predicted octanol–water partition coefficient (Wildman–Crippen LogP) is 3.62. The molecule has 0 saturated carbocycles. The van der Waals surface area contributed by atoms with Gasteiger partial charge >= 0.3 is 0 Å². The fraction of sp³-hybridized carbons (Fsp3) is 0.235. The maximum Gasteiger partial charge on any atom is 0.235 e. The molecule has 2 aromatic rings. The average Bonchev–Trinajstić information content (AvgIpc) is 2.49. The van der Waals surface area contributed by atoms with Crippen LogP contribution in [0.4, 0.5) is 0 Å². The minimum Gasteiger partial charge on any atom is -0.497 e. The van der Waals surface area contributed by atoms with E-state index in [4.69, 9.17) is 4.74 Å². The van der Waals surface area contributed by atoms with E-state index < -0.39 is 0 Å². The van der Waals surface area contributed by atoms with Gasteiger partial charge in [-0.3, -0.25) is 0 Å². The molecule has 0 saturated heterocycles. The first kappa shape index (κ1) is 14.0. The highest BCUT2D eigenvalue weighted by molar-refractivity contribution is 5.38. The maximum absolute atomic E-state index is 10.6. The third kappa shape index (κ3) is 3.56. The standard InChI is InChI=1S/C17H17NO2/c1-13-3-5-14(6-4-13)11-17(18-12-19)15-7-9-16(20-2)10-8-15/h3-10,17H,11H2,1-2H3. The minimum absolute atomic E-state index is 0.207. The zero-order valence-electron chi connectivity index (χ0n) is 11.7. The Kier molecular flexibility index (Phi) is 4.70. The second-order valence-electron chi connectivity index (χ2n) is 4.70. The number of aryl methyl sites for hydroxylation is 1. The maximum atomic E-state index is 10.6. The molecule has 20 heavy (non-hydrogen) atoms. The molecule has 0 spiro atoms. The number of hydrogen-bond acceptors (Lipinski definition) is 3. The molecule has 0 aromatic heterocycles. The van der Waals surface area contributed by atoms with E-state index in [2.05, 4.69) is 29.3 Å². The summed E-state index contributed by atoms with van der Waals surface area (Å²) in [5.74, 6) is 0.790. The van der Waals surface area contributed by atoms with E-state index in [0.717, 1.165) is 16.9 Å². The van der Waals surface area contributed by atoms with Gasteiger partial charge < -0.3 is 4.74 Å². The van der Waals surface area contributed by atoms with Gasteiger partial charge in [0.25, 0.3) is 0 Å². The molecule has 3 nitrogen and oxygen atoms in total. The molecular formula is C17H17NO2. The molecule has 0 aliphatic heterocycles. The highest BCUT2D eigenvalue weighted by atomic mass is 16.5. The van der Waals surface area contributed by atoms with Gasteiger partial charge in [0, 0.05) is 0 Å². The lowest BCUT2D eigenvalue weighted by molar-refractivity contribution is 0.414. The van der Waals surface area contributed by atoms with Crippen LogP contribution in [0.3, 0.4) is 0 Å². The van der Waals surface area contributed by atoms with Gasteiger partial charge in [0.05, 0.1) is 13.2 Å². The zero-order chi connectivity index (χ0) is 14.4. The number of ether oxygens (including phenoxy) is 1. The molecule has 0 N–H and O–H groups in total. The molecule has 2 rings (SSSR count). The van der Waals surface area contributed by atoms with Gasteiger partial charge in [-0.15, -0.1) is 0 Å². The summed E-state index contributed by atoms with van der Waals surface area (Å²) in [4.78, 5) is 14.6. The van der Waals surface area contributed by atoms with Crippen molar-refractivity contribution in [2.75, 3.05) is 7.11 Å². The SMILES string of the molecule is COc1ccc(C(Cc2ccc(C)cc2)N=C=O)cc1. The number of methoxy groups -OCH3 is 1. The van der Waals surface area contributed by atoms with Crippen molar-refractivity contribution in [3.63, 3.8) is 0 Å². The van der Waals surface area contributed by atoms with Gasteiger partial charge in [-0.05, 0) is 36.6 Å². The van der Waals surface area contributed by atoms with Crippen LogP contribution >= 0.6 is 0 Å². The van der Waals surface area contributed by atoms with E-state index in [1.54, 1.807) is 13.2 Å². The topological polar surface area (TPSA) is 38.7 Å². The Balaban J connectivity index is 2.21. The molecule has 3 heteroatoms. The first-order valence-corrected chi connectivity index (χ1v) is 6.49. The number of isocyanates is 1. The van der Waals surface area contributed by atoms with E-state index in [9.17, 15) is 4.79 Å². The molecule has 1 atom stereocenters. The van der Waals surface area contributed by atoms with Crippen LogP contribution in [-0.2, 0) is 11.2 Å². The summed E-state index contributed by atoms with van der Waals surface area (Å²) in [5.41, 5.74) is 3.35. The largest absolute Gasteiger partial charge is 0.497 e. The fourth-order valence-electron chi connectivity index (χ4n) is 2.08. The van der Waals surface area contributed by atoms with Crippen LogP contribution in [0.2, 0.25) is 0 Å². The van der Waals surface area contributed by atoms with E-state index in [1.165, 1.54) is 5.56 Å². The van der Waals surface area contributed by atoms with E-state index in [-0.39, 0.29) is 6.04 Å². The summed E-state index contributed by atoms with van der Waals surface area (Å²) in [6.45, 7) is 2.05. The predicted molar refractivity (Wildman–Crippen MR) is 78.7 cm³/mol. The second-order valence-corrected chi connectivity index (χ2v) is 4.70. The highest BCUT2D eigenvalue weighted by Crippen LogP contribution is 2.24. The Hall–Kier alpha value is -2.38. The molecule has 0 aliphatic rings. The minimum atomic E-state index is -0.207. The van der Waals surface area contributed by atoms with Crippen LogP contribution in [0.15, 0.2) is 53.5 Å². The highest BCUT2D eigenvalue weighted by Gasteiger charge is 2.11. The lowest BCUT2D eigenvalue weighted by Gasteiger charge is -2.12. The quantitative estimate of drug-likeness (QED) is 0.613. The summed E-state index contributed by atoms with van der Waals surface area (Å²) < 4.78 is 5.13. The zero-order valence-corrected chi connectivity index (χ0v) is 11.7. The van der Waals surface area contributed by atoms with Crippen LogP contribution in [0.1, 0.15) is 22.7 Å². The Morgan fingerprint density at radius 1 is 1.10 bits per heavy atom. The Morgan fingerprint density at radius 3 is 2.30 bits per heavy atom. The van der Waals surface area contributed by atoms with Crippen LogP contribution in [-0.4, -0.2) is 13.2 Å². The van der Waals surface area contributed by atoms with Crippen molar-refractivity contribution in [1.82, 2.24) is 0 Å². The first-order chi connectivity index (χ1) is 9.72. The van der Waals surface area contributed by atoms with Crippen LogP contribution in [0, 0.1) is 6.92 Å². The molecule has 0 aliphatic carbocycles. The van der Waals surface area contributed by atoms with E-state index >= 15 is 0 Å². The summed E-state index contributed by atoms with van der Waals surface area (Å²) in [7, 11) is 1.63. The van der Waals surface area contributed by atoms with Crippen LogP contribution < -0.4 is 4.74 Å². The molecule has 1 unspecified atom stereocenters. The van der Waals surface area contributed by atoms with Crippen LogP contribution in [0.25, 0.3) is 0 Å². The van der Waals surface area contributed by atoms with E-state index in [0.29, 0.717) is 6.42 Å². The van der Waals surface area contributed by atoms with Gasteiger partial charge in [-0.1, -0.05) is 42.0 Å². The second kappa shape index (κ2) is 6.69. The molecule has 2 aromatic carbocycles. The van der Waals surface area contributed by atoms with Gasteiger partial charge in [0.15, 0.2) is 0 Å². The number of carbonyl (C=O) groups excluding carboxylic acids is 1. The molecule has 0 radical (unpaired) electrons. The van der Waals surface area contributed by atoms with Gasteiger partial charge in [0.2, 0.25) is 6.08 Å². The molecule has 0 fully saturated rings. The fourth-order valence-corrected chi connectivity index (χ4v) is 2.08. The summed E-state index contributed by atoms with van der Waals surface area (Å²) in [6.07, 6.45) is 2.35. The Morgan fingerprint density at radius 2 is 1.75 bits per heavy atom. The van der Waals surface area contributed by atoms with Crippen molar-refractivity contribution in [1.29, 1.82) is 0 Å². The number of benzene rings is 2. The lowest BCUT2D eigenvalue weighted by Crippen LogP contribution is -2.00. The van der Waals surface area contributed by atoms with Gasteiger partial charge in [0.1, 0.15) is 5.75 Å². The van der Waals surface area contributed by atoms with Gasteiger partial charge in [-0.2, -0.15) is 4.99 Å². The number of aliphatic imine (C=N–C) groups is 1. The van der Waals surface area contributed by atoms with Crippen molar-refractivity contribution in [2.45, 2.75) is 19.4 Å². The van der Waals surface area contributed by atoms with Crippen molar-refractivity contribution in [2.24, 2.45) is 4.99 Å². The summed E-state index contributed by atoms with van der Waals surface area (Å²) in [6, 6.07) is 15.6. The smallest absolute Gasteiger partial charge is 0.235 e. The molecule has 0 bridgehead atoms. The molecular weight excluding hydrogens is 250 g/mol. The average molecular weight is 267 g/mol. The number of nitrogens with zero attached hydrogens (tertiary/aromatic N) is 1. The number of rotatable bonds is 5. The summed E-state index contributed by atoms with van der Waals surface area (Å²) in [5, 5.41) is 0. The monoisotopic (exact) mass is 267 g/mol. The van der Waals surface area contributed by atoms with Crippen molar-refractivity contribution >= 4 is 6.08 Å². The van der Waals surface area contributed by atoms with Crippen molar-refractivity contribution in [3.05, 3.63) is 65.2 Å². The van der Waals surface area contributed by atoms with Crippen molar-refractivity contribution in [3.8, 4) is 5.75 Å². The number of hydrogen-bond donors (Lipinski definition) is 0. The third-order valence-electron chi connectivity index (χ3n) is 3.26. The van der Waals surface area contributed by atoms with Crippen LogP contribution in [0.5, 0.6) is 5.75 Å². The molecule has 0 amide bonds. The normalized spacial score (nSPS) is 11.5. The lowest BCUT2D eigenvalue weighted by atomic mass is 9.99. The third-order valence-corrected chi connectivity index (χ3v) is 3.26. The first-order valence-electron chi connectivity index (χ1n) is 6.49. The summed E-state index contributed by atoms with van der Waals surface area (Å²) >= 11 is 0. The molecule has 102 valence electrons. The Labute approximate surface area is 118 Å². The van der Waals surface area contributed by atoms with Crippen molar-refractivity contribution < 1.29 is 9.53 Å².